The number of fused-ring (bicyclic) bond motifs is 1. The summed E-state index contributed by atoms with van der Waals surface area (Å²) < 4.78 is 0. The topological polar surface area (TPSA) is 51.2 Å². The van der Waals surface area contributed by atoms with Gasteiger partial charge in [0, 0.05) is 33.4 Å². The van der Waals surface area contributed by atoms with Gasteiger partial charge in [0.1, 0.15) is 0 Å². The van der Waals surface area contributed by atoms with Crippen LogP contribution in [0.2, 0.25) is 0 Å². The first-order chi connectivity index (χ1) is 13.1. The van der Waals surface area contributed by atoms with Crippen molar-refractivity contribution >= 4 is 17.3 Å². The van der Waals surface area contributed by atoms with Gasteiger partial charge in [-0.1, -0.05) is 36.1 Å². The van der Waals surface area contributed by atoms with Gasteiger partial charge in [0.2, 0.25) is 0 Å². The molecular formula is C24H14O3. The van der Waals surface area contributed by atoms with Gasteiger partial charge in [-0.05, 0) is 48.5 Å². The molecule has 1 aliphatic carbocycles. The van der Waals surface area contributed by atoms with Crippen molar-refractivity contribution < 1.29 is 14.4 Å². The molecule has 4 rings (SSSR count). The maximum Gasteiger partial charge on any atom is 0.193 e. The van der Waals surface area contributed by atoms with E-state index in [-0.39, 0.29) is 23.8 Å². The second-order valence-electron chi connectivity index (χ2n) is 6.31. The molecule has 3 aromatic rings. The summed E-state index contributed by atoms with van der Waals surface area (Å²) >= 11 is 0. The number of rotatable bonds is 2. The highest BCUT2D eigenvalue weighted by Crippen LogP contribution is 2.24. The van der Waals surface area contributed by atoms with Gasteiger partial charge in [0.15, 0.2) is 17.3 Å². The summed E-state index contributed by atoms with van der Waals surface area (Å²) in [6.07, 6.45) is -0.109. The van der Waals surface area contributed by atoms with E-state index in [1.165, 1.54) is 6.07 Å². The minimum absolute atomic E-state index is 0.109. The van der Waals surface area contributed by atoms with Crippen molar-refractivity contribution in [1.29, 1.82) is 0 Å². The Kier molecular flexibility index (Phi) is 4.24. The molecule has 0 aliphatic heterocycles. The molecule has 1 aliphatic rings. The number of carbonyl (C=O) groups excluding carboxylic acids is 3. The van der Waals surface area contributed by atoms with Crippen LogP contribution in [0.25, 0.3) is 0 Å². The van der Waals surface area contributed by atoms with Crippen LogP contribution in [0.3, 0.4) is 0 Å². The minimum atomic E-state index is -0.226. The van der Waals surface area contributed by atoms with Crippen LogP contribution in [-0.2, 0) is 0 Å². The number of benzene rings is 3. The van der Waals surface area contributed by atoms with Gasteiger partial charge in [-0.25, -0.2) is 0 Å². The first-order valence-corrected chi connectivity index (χ1v) is 8.54. The SMILES string of the molecule is O=C(c1ccc(C#Cc2ccccc2)cc1)c1ccc2c(c1)C(=O)CC2=O. The van der Waals surface area contributed by atoms with Crippen LogP contribution < -0.4 is 0 Å². The lowest BCUT2D eigenvalue weighted by molar-refractivity contribution is 0.0922. The highest BCUT2D eigenvalue weighted by molar-refractivity contribution is 6.25. The van der Waals surface area contributed by atoms with E-state index >= 15 is 0 Å². The molecule has 0 saturated heterocycles. The van der Waals surface area contributed by atoms with Crippen LogP contribution in [0, 0.1) is 11.8 Å². The van der Waals surface area contributed by atoms with E-state index in [0.717, 1.165) is 11.1 Å². The first-order valence-electron chi connectivity index (χ1n) is 8.54. The lowest BCUT2D eigenvalue weighted by atomic mass is 9.98. The highest BCUT2D eigenvalue weighted by atomic mass is 16.2. The Hall–Kier alpha value is -3.77. The molecule has 0 amide bonds. The van der Waals surface area contributed by atoms with Crippen LogP contribution in [0.4, 0.5) is 0 Å². The fourth-order valence-corrected chi connectivity index (χ4v) is 3.03. The summed E-state index contributed by atoms with van der Waals surface area (Å²) in [6, 6.07) is 21.4. The van der Waals surface area contributed by atoms with Crippen molar-refractivity contribution in [1.82, 2.24) is 0 Å². The Morgan fingerprint density at radius 3 is 1.96 bits per heavy atom. The molecule has 0 aromatic heterocycles. The standard InChI is InChI=1S/C24H14O3/c25-22-15-23(26)21-14-19(12-13-20(21)22)24(27)18-10-8-17(9-11-18)7-6-16-4-2-1-3-5-16/h1-5,8-14H,15H2. The predicted molar refractivity (Wildman–Crippen MR) is 102 cm³/mol. The van der Waals surface area contributed by atoms with E-state index in [0.29, 0.717) is 22.3 Å². The normalized spacial score (nSPS) is 12.3. The molecule has 3 heteroatoms. The van der Waals surface area contributed by atoms with Gasteiger partial charge >= 0.3 is 0 Å². The quantitative estimate of drug-likeness (QED) is 0.397. The van der Waals surface area contributed by atoms with E-state index in [2.05, 4.69) is 11.8 Å². The van der Waals surface area contributed by atoms with Crippen molar-refractivity contribution in [3.8, 4) is 11.8 Å². The summed E-state index contributed by atoms with van der Waals surface area (Å²) in [6.45, 7) is 0. The van der Waals surface area contributed by atoms with Gasteiger partial charge in [-0.2, -0.15) is 0 Å². The molecule has 0 N–H and O–H groups in total. The molecule has 0 saturated carbocycles. The smallest absolute Gasteiger partial charge is 0.193 e. The van der Waals surface area contributed by atoms with Gasteiger partial charge < -0.3 is 0 Å². The van der Waals surface area contributed by atoms with E-state index in [4.69, 9.17) is 0 Å². The molecular weight excluding hydrogens is 336 g/mol. The minimum Gasteiger partial charge on any atom is -0.294 e. The van der Waals surface area contributed by atoms with Gasteiger partial charge in [0.05, 0.1) is 6.42 Å². The zero-order valence-corrected chi connectivity index (χ0v) is 14.4. The lowest BCUT2D eigenvalue weighted by Gasteiger charge is -2.04. The molecule has 3 aromatic carbocycles. The maximum absolute atomic E-state index is 12.7. The molecule has 0 radical (unpaired) electrons. The summed E-state index contributed by atoms with van der Waals surface area (Å²) in [5.41, 5.74) is 3.40. The van der Waals surface area contributed by atoms with Crippen molar-refractivity contribution in [3.05, 3.63) is 106 Å². The number of hydrogen-bond acceptors (Lipinski definition) is 3. The van der Waals surface area contributed by atoms with E-state index in [1.54, 1.807) is 36.4 Å². The number of carbonyl (C=O) groups is 3. The molecule has 27 heavy (non-hydrogen) atoms. The average Bonchev–Trinajstić information content (AvgIpc) is 3.00. The van der Waals surface area contributed by atoms with Gasteiger partial charge in [0.25, 0.3) is 0 Å². The third-order valence-corrected chi connectivity index (χ3v) is 4.48. The monoisotopic (exact) mass is 350 g/mol. The summed E-state index contributed by atoms with van der Waals surface area (Å²) in [4.78, 5) is 36.3. The van der Waals surface area contributed by atoms with Crippen LogP contribution in [0.1, 0.15) is 54.2 Å². The predicted octanol–water partition coefficient (Wildman–Crippen LogP) is 4.09. The van der Waals surface area contributed by atoms with Crippen LogP contribution in [0.15, 0.2) is 72.8 Å². The molecule has 0 spiro atoms. The molecule has 0 bridgehead atoms. The molecule has 128 valence electrons. The molecule has 0 fully saturated rings. The van der Waals surface area contributed by atoms with Crippen molar-refractivity contribution in [3.63, 3.8) is 0 Å². The number of ketones is 3. The maximum atomic E-state index is 12.7. The summed E-state index contributed by atoms with van der Waals surface area (Å²) in [7, 11) is 0. The largest absolute Gasteiger partial charge is 0.294 e. The van der Waals surface area contributed by atoms with Crippen LogP contribution in [-0.4, -0.2) is 17.3 Å². The first kappa shape index (κ1) is 16.7. The zero-order valence-electron chi connectivity index (χ0n) is 14.4. The summed E-state index contributed by atoms with van der Waals surface area (Å²) in [5, 5.41) is 0. The Labute approximate surface area is 156 Å². The third kappa shape index (κ3) is 3.33. The van der Waals surface area contributed by atoms with Crippen molar-refractivity contribution in [2.45, 2.75) is 6.42 Å². The summed E-state index contributed by atoms with van der Waals surface area (Å²) in [5.74, 6) is 5.54. The second kappa shape index (κ2) is 6.86. The molecule has 3 nitrogen and oxygen atoms in total. The molecule has 0 unspecified atom stereocenters. The lowest BCUT2D eigenvalue weighted by Crippen LogP contribution is -2.03. The Morgan fingerprint density at radius 1 is 0.667 bits per heavy atom. The fourth-order valence-electron chi connectivity index (χ4n) is 3.03. The second-order valence-corrected chi connectivity index (χ2v) is 6.31. The fraction of sp³-hybridized carbons (Fsp3) is 0.0417. The van der Waals surface area contributed by atoms with Crippen LogP contribution in [0.5, 0.6) is 0 Å². The third-order valence-electron chi connectivity index (χ3n) is 4.48. The van der Waals surface area contributed by atoms with E-state index in [9.17, 15) is 14.4 Å². The van der Waals surface area contributed by atoms with E-state index in [1.807, 2.05) is 30.3 Å². The van der Waals surface area contributed by atoms with Crippen molar-refractivity contribution in [2.24, 2.45) is 0 Å². The Bertz CT molecular complexity index is 1130. The Morgan fingerprint density at radius 2 is 1.26 bits per heavy atom. The van der Waals surface area contributed by atoms with E-state index < -0.39 is 0 Å². The zero-order chi connectivity index (χ0) is 18.8. The highest BCUT2D eigenvalue weighted by Gasteiger charge is 2.28. The van der Waals surface area contributed by atoms with Crippen LogP contribution >= 0.6 is 0 Å². The number of Topliss-reactive ketones (excluding diaryl/α,β-unsaturated/α-hetero) is 2. The molecule has 0 heterocycles. The van der Waals surface area contributed by atoms with Crippen molar-refractivity contribution in [2.75, 3.05) is 0 Å². The molecule has 0 atom stereocenters. The number of hydrogen-bond donors (Lipinski definition) is 0. The van der Waals surface area contributed by atoms with Gasteiger partial charge in [-0.15, -0.1) is 0 Å². The Balaban J connectivity index is 1.57. The van der Waals surface area contributed by atoms with Gasteiger partial charge in [-0.3, -0.25) is 14.4 Å². The average molecular weight is 350 g/mol.